The molecule has 6 aromatic rings. The molecular formula is C51H57N3O8. The molecule has 8 rings (SSSR count). The first-order chi connectivity index (χ1) is 29.9. The molecule has 1 fully saturated rings. The number of H-pyrrole nitrogens is 1. The number of aliphatic hydroxyl groups is 1. The number of hydrogen-bond acceptors (Lipinski definition) is 10. The average molecular weight is 840 g/mol. The van der Waals surface area contributed by atoms with E-state index in [0.29, 0.717) is 55.8 Å². The number of carbonyl (C=O) groups is 1. The SMILES string of the molecule is COc1cc(CC[C@@H](O)[C@@H]2C(=O)C[C@H](c3cc(O)c(O)c(OCC(C)C)c3)CCc3c(ccc4cc(O)ccc34)Nc3cc(ccn3)[C@]23CCC[C@@H]3Cc2ccc[nH]2)ccc1O. The summed E-state index contributed by atoms with van der Waals surface area (Å²) in [6.07, 6.45) is 7.43. The van der Waals surface area contributed by atoms with Crippen LogP contribution in [0.4, 0.5) is 11.5 Å². The van der Waals surface area contributed by atoms with E-state index in [9.17, 15) is 25.5 Å². The highest BCUT2D eigenvalue weighted by atomic mass is 16.5. The number of hydrogen-bond donors (Lipinski definition) is 7. The van der Waals surface area contributed by atoms with Crippen LogP contribution in [0.25, 0.3) is 10.8 Å². The van der Waals surface area contributed by atoms with E-state index >= 15 is 4.79 Å². The smallest absolute Gasteiger partial charge is 0.200 e. The molecule has 0 radical (unpaired) electrons. The molecule has 4 aromatic carbocycles. The minimum atomic E-state index is -1.06. The Morgan fingerprint density at radius 3 is 2.56 bits per heavy atom. The van der Waals surface area contributed by atoms with Gasteiger partial charge in [-0.25, -0.2) is 4.98 Å². The number of pyridine rings is 1. The zero-order valence-corrected chi connectivity index (χ0v) is 35.6. The lowest BCUT2D eigenvalue weighted by Crippen LogP contribution is -2.50. The fourth-order valence-electron chi connectivity index (χ4n) is 10.3. The fourth-order valence-corrected chi connectivity index (χ4v) is 10.3. The van der Waals surface area contributed by atoms with Gasteiger partial charge in [0, 0.05) is 35.6 Å². The number of nitrogens with one attached hydrogen (secondary N) is 2. The van der Waals surface area contributed by atoms with Gasteiger partial charge in [-0.2, -0.15) is 0 Å². The summed E-state index contributed by atoms with van der Waals surface area (Å²) in [6, 6.07) is 25.9. The third kappa shape index (κ3) is 8.63. The van der Waals surface area contributed by atoms with Crippen molar-refractivity contribution in [2.45, 2.75) is 89.1 Å². The highest BCUT2D eigenvalue weighted by Crippen LogP contribution is 2.55. The van der Waals surface area contributed by atoms with Gasteiger partial charge in [0.2, 0.25) is 5.75 Å². The Morgan fingerprint density at radius 2 is 1.77 bits per heavy atom. The van der Waals surface area contributed by atoms with Crippen LogP contribution in [0.5, 0.6) is 34.5 Å². The highest BCUT2D eigenvalue weighted by Gasteiger charge is 2.54. The molecule has 2 aliphatic rings. The van der Waals surface area contributed by atoms with E-state index in [4.69, 9.17) is 14.5 Å². The molecule has 1 aliphatic carbocycles. The molecule has 324 valence electrons. The van der Waals surface area contributed by atoms with Gasteiger partial charge in [-0.05, 0) is 162 Å². The minimum absolute atomic E-state index is 0.0185. The van der Waals surface area contributed by atoms with E-state index in [1.807, 2.05) is 56.4 Å². The number of methoxy groups -OCH3 is 1. The van der Waals surface area contributed by atoms with Crippen LogP contribution in [0.1, 0.15) is 86.2 Å². The molecule has 0 saturated heterocycles. The number of carbonyl (C=O) groups excluding carboxylic acids is 1. The molecule has 5 atom stereocenters. The standard InChI is InChI=1S/C51H57N3O8/c1-30(2)29-62-47-26-34(25-45(59)50(47)60)32-10-13-40-39-14-12-38(55)23-33(39)11-15-41(40)54-48-28-36(18-21-53-48)51(19-4-6-35(51)27-37-7-5-20-52-37)49(44(58)24-32)43(57)17-9-31-8-16-42(56)46(22-31)61-3/h5,7-8,11-12,14-16,18,20-23,25-26,28,30,32,35,43,49,52,55-57,59-60H,4,6,9-10,13,17,19,24,27,29H2,1-3H3,(H,53,54)/t32-,35-,43-,49-,51-/m1/s1. The van der Waals surface area contributed by atoms with Gasteiger partial charge in [0.1, 0.15) is 17.4 Å². The molecule has 1 spiro atoms. The Bertz CT molecular complexity index is 2540. The largest absolute Gasteiger partial charge is 0.508 e. The van der Waals surface area contributed by atoms with E-state index in [-0.39, 0.29) is 59.2 Å². The number of fused-ring (bicyclic) bond motifs is 6. The van der Waals surface area contributed by atoms with Crippen LogP contribution in [-0.4, -0.2) is 61.1 Å². The van der Waals surface area contributed by atoms with Crippen molar-refractivity contribution in [1.82, 2.24) is 9.97 Å². The van der Waals surface area contributed by atoms with Crippen molar-refractivity contribution in [2.24, 2.45) is 17.8 Å². The second-order valence-corrected chi connectivity index (χ2v) is 17.7. The summed E-state index contributed by atoms with van der Waals surface area (Å²) < 4.78 is 11.4. The van der Waals surface area contributed by atoms with Crippen molar-refractivity contribution in [2.75, 3.05) is 19.0 Å². The second kappa shape index (κ2) is 18.0. The third-order valence-corrected chi connectivity index (χ3v) is 13.2. The summed E-state index contributed by atoms with van der Waals surface area (Å²) in [7, 11) is 1.50. The van der Waals surface area contributed by atoms with E-state index < -0.39 is 23.4 Å². The number of anilines is 2. The Labute approximate surface area is 362 Å². The molecular weight excluding hydrogens is 783 g/mol. The number of phenols is 4. The number of ether oxygens (including phenoxy) is 2. The predicted molar refractivity (Wildman–Crippen MR) is 240 cm³/mol. The summed E-state index contributed by atoms with van der Waals surface area (Å²) in [5.41, 5.74) is 4.52. The zero-order chi connectivity index (χ0) is 43.5. The van der Waals surface area contributed by atoms with Gasteiger partial charge in [-0.3, -0.25) is 4.79 Å². The van der Waals surface area contributed by atoms with Crippen molar-refractivity contribution in [3.05, 3.63) is 125 Å². The van der Waals surface area contributed by atoms with E-state index in [0.717, 1.165) is 51.7 Å². The summed E-state index contributed by atoms with van der Waals surface area (Å²) in [4.78, 5) is 24.0. The maximum absolute atomic E-state index is 15.8. The van der Waals surface area contributed by atoms with Crippen molar-refractivity contribution >= 4 is 28.1 Å². The number of phenolic OH excluding ortho intramolecular Hbond substituents is 4. The van der Waals surface area contributed by atoms with Gasteiger partial charge >= 0.3 is 0 Å². The summed E-state index contributed by atoms with van der Waals surface area (Å²) in [5, 5.41) is 61.1. The summed E-state index contributed by atoms with van der Waals surface area (Å²) in [6.45, 7) is 4.32. The minimum Gasteiger partial charge on any atom is -0.508 e. The van der Waals surface area contributed by atoms with E-state index in [1.165, 1.54) is 13.2 Å². The number of aromatic amines is 1. The normalized spacial score (nSPS) is 20.9. The Kier molecular flexibility index (Phi) is 12.4. The second-order valence-electron chi connectivity index (χ2n) is 17.7. The number of benzene rings is 4. The quantitative estimate of drug-likeness (QED) is 0.0622. The first kappa shape index (κ1) is 42.5. The fraction of sp³-hybridized carbons (Fsp3) is 0.373. The molecule has 0 amide bonds. The highest BCUT2D eigenvalue weighted by molar-refractivity contribution is 5.92. The van der Waals surface area contributed by atoms with E-state index in [2.05, 4.69) is 22.4 Å². The monoisotopic (exact) mass is 839 g/mol. The first-order valence-electron chi connectivity index (χ1n) is 21.8. The number of rotatable bonds is 11. The lowest BCUT2D eigenvalue weighted by Gasteiger charge is -2.45. The van der Waals surface area contributed by atoms with Crippen LogP contribution in [0.2, 0.25) is 0 Å². The summed E-state index contributed by atoms with van der Waals surface area (Å²) >= 11 is 0. The molecule has 62 heavy (non-hydrogen) atoms. The van der Waals surface area contributed by atoms with Crippen LogP contribution >= 0.6 is 0 Å². The van der Waals surface area contributed by atoms with Crippen molar-refractivity contribution in [3.8, 4) is 34.5 Å². The lowest BCUT2D eigenvalue weighted by molar-refractivity contribution is -0.132. The molecule has 11 nitrogen and oxygen atoms in total. The van der Waals surface area contributed by atoms with Gasteiger partial charge < -0.3 is 45.3 Å². The predicted octanol–water partition coefficient (Wildman–Crippen LogP) is 9.75. The molecule has 0 unspecified atom stereocenters. The number of Topliss-reactive ketones (excluding diaryl/α,β-unsaturated/α-hetero) is 1. The maximum Gasteiger partial charge on any atom is 0.200 e. The molecule has 1 saturated carbocycles. The van der Waals surface area contributed by atoms with Crippen molar-refractivity contribution in [3.63, 3.8) is 0 Å². The van der Waals surface area contributed by atoms with Crippen LogP contribution in [-0.2, 0) is 29.5 Å². The Hall–Kier alpha value is -6.20. The van der Waals surface area contributed by atoms with Gasteiger partial charge in [-0.15, -0.1) is 0 Å². The topological polar surface area (TPSA) is 177 Å². The van der Waals surface area contributed by atoms with Crippen LogP contribution in [0.3, 0.4) is 0 Å². The molecule has 3 heterocycles. The van der Waals surface area contributed by atoms with Crippen molar-refractivity contribution < 1.29 is 39.8 Å². The third-order valence-electron chi connectivity index (χ3n) is 13.2. The average Bonchev–Trinajstić information content (AvgIpc) is 3.93. The Balaban J connectivity index is 1.30. The van der Waals surface area contributed by atoms with Gasteiger partial charge in [0.05, 0.1) is 25.7 Å². The van der Waals surface area contributed by atoms with Gasteiger partial charge in [-0.1, -0.05) is 38.5 Å². The Morgan fingerprint density at radius 1 is 0.919 bits per heavy atom. The molecule has 7 N–H and O–H groups in total. The van der Waals surface area contributed by atoms with Crippen LogP contribution in [0.15, 0.2) is 97.3 Å². The zero-order valence-electron chi connectivity index (χ0n) is 35.6. The molecule has 11 heteroatoms. The van der Waals surface area contributed by atoms with Gasteiger partial charge in [0.15, 0.2) is 23.0 Å². The molecule has 2 aromatic heterocycles. The van der Waals surface area contributed by atoms with Crippen LogP contribution < -0.4 is 14.8 Å². The molecule has 1 aliphatic heterocycles. The lowest BCUT2D eigenvalue weighted by atomic mass is 9.58. The van der Waals surface area contributed by atoms with Crippen molar-refractivity contribution in [1.29, 1.82) is 0 Å². The number of nitrogens with zero attached hydrogens (tertiary/aromatic N) is 1. The molecule has 2 bridgehead atoms. The maximum atomic E-state index is 15.8. The van der Waals surface area contributed by atoms with Crippen LogP contribution in [0, 0.1) is 17.8 Å². The van der Waals surface area contributed by atoms with E-state index in [1.54, 1.807) is 36.5 Å². The number of aryl methyl sites for hydroxylation is 2. The number of aromatic hydroxyl groups is 4. The number of aromatic nitrogens is 2. The number of ketones is 1. The summed E-state index contributed by atoms with van der Waals surface area (Å²) in [5.74, 6) is -0.645. The van der Waals surface area contributed by atoms with Gasteiger partial charge in [0.25, 0.3) is 0 Å². The first-order valence-corrected chi connectivity index (χ1v) is 21.8. The number of aliphatic hydroxyl groups excluding tert-OH is 1.